The summed E-state index contributed by atoms with van der Waals surface area (Å²) in [6, 6.07) is 8.12. The van der Waals surface area contributed by atoms with Crippen LogP contribution in [0.15, 0.2) is 24.3 Å². The molecule has 0 unspecified atom stereocenters. The van der Waals surface area contributed by atoms with Gasteiger partial charge in [-0.25, -0.2) is 0 Å². The lowest BCUT2D eigenvalue weighted by Crippen LogP contribution is -2.35. The number of carbonyl (C=O) groups is 1. The molecule has 1 aromatic rings. The standard InChI is InChI=1S/C14H18N2O2/c1-15-13(17)5-8-16(15)12-4-2-3-11(9-12)10-14(18)6-7-14/h2-4,9,18H,5-8,10H2,1H3. The highest BCUT2D eigenvalue weighted by atomic mass is 16.3. The van der Waals surface area contributed by atoms with Gasteiger partial charge in [0.2, 0.25) is 5.91 Å². The summed E-state index contributed by atoms with van der Waals surface area (Å²) >= 11 is 0. The number of benzene rings is 1. The van der Waals surface area contributed by atoms with Crippen LogP contribution in [0.1, 0.15) is 24.8 Å². The van der Waals surface area contributed by atoms with Crippen LogP contribution >= 0.6 is 0 Å². The second-order valence-electron chi connectivity index (χ2n) is 5.36. The highest BCUT2D eigenvalue weighted by Crippen LogP contribution is 2.38. The average Bonchev–Trinajstić information content (AvgIpc) is 2.97. The molecule has 2 aliphatic rings. The monoisotopic (exact) mass is 246 g/mol. The number of carbonyl (C=O) groups excluding carboxylic acids is 1. The summed E-state index contributed by atoms with van der Waals surface area (Å²) in [6.45, 7) is 0.739. The molecule has 0 aromatic heterocycles. The van der Waals surface area contributed by atoms with Crippen LogP contribution < -0.4 is 5.01 Å². The first-order chi connectivity index (χ1) is 8.57. The maximum Gasteiger partial charge on any atom is 0.242 e. The van der Waals surface area contributed by atoms with Crippen LogP contribution in [0.5, 0.6) is 0 Å². The summed E-state index contributed by atoms with van der Waals surface area (Å²) < 4.78 is 0. The number of rotatable bonds is 3. The van der Waals surface area contributed by atoms with Gasteiger partial charge in [-0.1, -0.05) is 12.1 Å². The number of nitrogens with zero attached hydrogens (tertiary/aromatic N) is 2. The number of anilines is 1. The normalized spacial score (nSPS) is 21.6. The van der Waals surface area contributed by atoms with Crippen LogP contribution in [0.25, 0.3) is 0 Å². The molecule has 2 fully saturated rings. The number of hydrogen-bond acceptors (Lipinski definition) is 3. The van der Waals surface area contributed by atoms with Gasteiger partial charge in [0.05, 0.1) is 11.3 Å². The van der Waals surface area contributed by atoms with E-state index in [-0.39, 0.29) is 5.91 Å². The fourth-order valence-corrected chi connectivity index (χ4v) is 2.48. The largest absolute Gasteiger partial charge is 0.390 e. The van der Waals surface area contributed by atoms with Crippen molar-refractivity contribution in [3.8, 4) is 0 Å². The SMILES string of the molecule is CN1C(=O)CCN1c1cccc(CC2(O)CC2)c1. The lowest BCUT2D eigenvalue weighted by atomic mass is 10.1. The van der Waals surface area contributed by atoms with Crippen molar-refractivity contribution in [3.63, 3.8) is 0 Å². The molecule has 1 aromatic carbocycles. The Labute approximate surface area is 107 Å². The van der Waals surface area contributed by atoms with Crippen molar-refractivity contribution in [1.82, 2.24) is 5.01 Å². The van der Waals surface area contributed by atoms with Crippen LogP contribution in [-0.2, 0) is 11.2 Å². The Morgan fingerprint density at radius 2 is 2.17 bits per heavy atom. The van der Waals surface area contributed by atoms with Gasteiger partial charge in [0, 0.05) is 26.4 Å². The Hall–Kier alpha value is -1.55. The Kier molecular flexibility index (Phi) is 2.55. The van der Waals surface area contributed by atoms with Gasteiger partial charge in [0.1, 0.15) is 0 Å². The summed E-state index contributed by atoms with van der Waals surface area (Å²) in [5.74, 6) is 0.154. The smallest absolute Gasteiger partial charge is 0.242 e. The summed E-state index contributed by atoms with van der Waals surface area (Å²) in [5.41, 5.74) is 1.70. The Balaban J connectivity index is 1.80. The molecule has 0 atom stereocenters. The molecule has 4 heteroatoms. The Morgan fingerprint density at radius 3 is 2.78 bits per heavy atom. The van der Waals surface area contributed by atoms with Gasteiger partial charge in [0.15, 0.2) is 0 Å². The van der Waals surface area contributed by atoms with Gasteiger partial charge in [-0.3, -0.25) is 14.8 Å². The summed E-state index contributed by atoms with van der Waals surface area (Å²) in [7, 11) is 1.80. The van der Waals surface area contributed by atoms with E-state index in [0.29, 0.717) is 12.8 Å². The molecule has 96 valence electrons. The van der Waals surface area contributed by atoms with E-state index in [4.69, 9.17) is 0 Å². The van der Waals surface area contributed by atoms with Crippen molar-refractivity contribution in [3.05, 3.63) is 29.8 Å². The molecule has 18 heavy (non-hydrogen) atoms. The van der Waals surface area contributed by atoms with Gasteiger partial charge < -0.3 is 5.11 Å². The van der Waals surface area contributed by atoms with E-state index >= 15 is 0 Å². The van der Waals surface area contributed by atoms with Crippen LogP contribution in [0.2, 0.25) is 0 Å². The topological polar surface area (TPSA) is 43.8 Å². The van der Waals surface area contributed by atoms with Gasteiger partial charge in [-0.15, -0.1) is 0 Å². The molecule has 1 heterocycles. The second-order valence-corrected chi connectivity index (χ2v) is 5.36. The van der Waals surface area contributed by atoms with Gasteiger partial charge in [-0.2, -0.15) is 0 Å². The minimum absolute atomic E-state index is 0.154. The highest BCUT2D eigenvalue weighted by Gasteiger charge is 2.40. The predicted molar refractivity (Wildman–Crippen MR) is 69.1 cm³/mol. The van der Waals surface area contributed by atoms with E-state index in [1.807, 2.05) is 23.2 Å². The van der Waals surface area contributed by atoms with E-state index < -0.39 is 5.60 Å². The second kappa shape index (κ2) is 3.99. The molecular weight excluding hydrogens is 228 g/mol. The molecule has 4 nitrogen and oxygen atoms in total. The number of hydrazine groups is 1. The first-order valence-electron chi connectivity index (χ1n) is 6.43. The lowest BCUT2D eigenvalue weighted by molar-refractivity contribution is -0.126. The van der Waals surface area contributed by atoms with Crippen LogP contribution in [0.4, 0.5) is 5.69 Å². The van der Waals surface area contributed by atoms with Crippen molar-refractivity contribution in [1.29, 1.82) is 0 Å². The van der Waals surface area contributed by atoms with Gasteiger partial charge >= 0.3 is 0 Å². The van der Waals surface area contributed by atoms with Crippen LogP contribution in [0, 0.1) is 0 Å². The minimum Gasteiger partial charge on any atom is -0.390 e. The van der Waals surface area contributed by atoms with Gasteiger partial charge in [0.25, 0.3) is 0 Å². The minimum atomic E-state index is -0.467. The van der Waals surface area contributed by atoms with Crippen molar-refractivity contribution in [2.24, 2.45) is 0 Å². The van der Waals surface area contributed by atoms with Crippen molar-refractivity contribution in [2.45, 2.75) is 31.3 Å². The Bertz CT molecular complexity index is 482. The fourth-order valence-electron chi connectivity index (χ4n) is 2.48. The van der Waals surface area contributed by atoms with E-state index in [1.165, 1.54) is 0 Å². The molecule has 1 saturated heterocycles. The number of aliphatic hydroxyl groups is 1. The first-order valence-corrected chi connectivity index (χ1v) is 6.43. The maximum atomic E-state index is 11.5. The molecule has 1 amide bonds. The third kappa shape index (κ3) is 2.08. The summed E-state index contributed by atoms with van der Waals surface area (Å²) in [4.78, 5) is 11.5. The summed E-state index contributed by atoms with van der Waals surface area (Å²) in [6.07, 6.45) is 3.09. The van der Waals surface area contributed by atoms with E-state index in [9.17, 15) is 9.90 Å². The lowest BCUT2D eigenvalue weighted by Gasteiger charge is -2.26. The van der Waals surface area contributed by atoms with Crippen molar-refractivity contribution >= 4 is 11.6 Å². The predicted octanol–water partition coefficient (Wildman–Crippen LogP) is 1.34. The van der Waals surface area contributed by atoms with Gasteiger partial charge in [-0.05, 0) is 30.5 Å². The van der Waals surface area contributed by atoms with E-state index in [1.54, 1.807) is 12.1 Å². The molecule has 1 N–H and O–H groups in total. The number of amides is 1. The Morgan fingerprint density at radius 1 is 1.39 bits per heavy atom. The third-order valence-corrected chi connectivity index (χ3v) is 3.83. The quantitative estimate of drug-likeness (QED) is 0.875. The maximum absolute atomic E-state index is 11.5. The molecular formula is C14H18N2O2. The molecule has 1 saturated carbocycles. The summed E-state index contributed by atoms with van der Waals surface area (Å²) in [5, 5.41) is 13.6. The molecule has 3 rings (SSSR count). The first kappa shape index (κ1) is 11.5. The van der Waals surface area contributed by atoms with Crippen LogP contribution in [0.3, 0.4) is 0 Å². The molecule has 1 aliphatic carbocycles. The van der Waals surface area contributed by atoms with Crippen LogP contribution in [-0.4, -0.2) is 35.2 Å². The highest BCUT2D eigenvalue weighted by molar-refractivity contribution is 5.81. The zero-order valence-electron chi connectivity index (χ0n) is 10.6. The molecule has 0 spiro atoms. The zero-order chi connectivity index (χ0) is 12.8. The number of hydrogen-bond donors (Lipinski definition) is 1. The third-order valence-electron chi connectivity index (χ3n) is 3.83. The molecule has 0 bridgehead atoms. The fraction of sp³-hybridized carbons (Fsp3) is 0.500. The average molecular weight is 246 g/mol. The zero-order valence-corrected chi connectivity index (χ0v) is 10.6. The molecule has 1 aliphatic heterocycles. The van der Waals surface area contributed by atoms with E-state index in [0.717, 1.165) is 30.6 Å². The molecule has 0 radical (unpaired) electrons. The van der Waals surface area contributed by atoms with E-state index in [2.05, 4.69) is 6.07 Å². The van der Waals surface area contributed by atoms with Crippen molar-refractivity contribution < 1.29 is 9.90 Å². The van der Waals surface area contributed by atoms with Crippen molar-refractivity contribution in [2.75, 3.05) is 18.6 Å².